The largest absolute Gasteiger partial charge is 0.466 e. The number of ether oxygens (including phenoxy) is 1. The van der Waals surface area contributed by atoms with Gasteiger partial charge >= 0.3 is 5.97 Å². The molecule has 0 spiro atoms. The van der Waals surface area contributed by atoms with E-state index in [1.165, 1.54) is 199 Å². The van der Waals surface area contributed by atoms with E-state index >= 15 is 0 Å². The Labute approximate surface area is 380 Å². The van der Waals surface area contributed by atoms with Gasteiger partial charge in [0.15, 0.2) is 0 Å². The predicted molar refractivity (Wildman–Crippen MR) is 264 cm³/mol. The third kappa shape index (κ3) is 47.7. The molecule has 2 unspecified atom stereocenters. The van der Waals surface area contributed by atoms with Crippen LogP contribution in [-0.4, -0.2) is 47.4 Å². The fraction of sp³-hybridized carbons (Fsp3) is 0.891. The van der Waals surface area contributed by atoms with E-state index in [1.807, 2.05) is 6.08 Å². The maximum Gasteiger partial charge on any atom is 0.305 e. The Kier molecular flexibility index (Phi) is 49.6. The zero-order valence-electron chi connectivity index (χ0n) is 40.9. The lowest BCUT2D eigenvalue weighted by Crippen LogP contribution is -2.45. The molecule has 0 aromatic carbocycles. The van der Waals surface area contributed by atoms with Gasteiger partial charge in [-0.3, -0.25) is 9.59 Å². The third-order valence-electron chi connectivity index (χ3n) is 12.5. The van der Waals surface area contributed by atoms with Crippen molar-refractivity contribution in [3.05, 3.63) is 24.3 Å². The Morgan fingerprint density at radius 3 is 1.28 bits per heavy atom. The van der Waals surface area contributed by atoms with Crippen LogP contribution in [0.1, 0.15) is 290 Å². The molecule has 3 N–H and O–H groups in total. The SMILES string of the molecule is CCCCCCCCCCCCCCCCCCC(=O)OCCCCCCCC/C=C\C/C=C\CCC(=O)NC(CO)C(O)CCCCCCCCCCCCCCCCC. The number of carbonyl (C=O) groups excluding carboxylic acids is 2. The zero-order chi connectivity index (χ0) is 44.4. The first kappa shape index (κ1) is 59.3. The molecule has 360 valence electrons. The minimum absolute atomic E-state index is 0.0135. The summed E-state index contributed by atoms with van der Waals surface area (Å²) in [6, 6.07) is -0.584. The average Bonchev–Trinajstić information content (AvgIpc) is 3.26. The van der Waals surface area contributed by atoms with Gasteiger partial charge in [-0.25, -0.2) is 0 Å². The quantitative estimate of drug-likeness (QED) is 0.0322. The first-order valence-corrected chi connectivity index (χ1v) is 27.1. The minimum Gasteiger partial charge on any atom is -0.466 e. The summed E-state index contributed by atoms with van der Waals surface area (Å²) in [4.78, 5) is 24.5. The number of nitrogens with one attached hydrogen (secondary N) is 1. The molecular weight excluding hydrogens is 755 g/mol. The van der Waals surface area contributed by atoms with Crippen LogP contribution in [0.25, 0.3) is 0 Å². The fourth-order valence-electron chi connectivity index (χ4n) is 8.34. The fourth-order valence-corrected chi connectivity index (χ4v) is 8.34. The van der Waals surface area contributed by atoms with Crippen LogP contribution in [0.2, 0.25) is 0 Å². The second-order valence-electron chi connectivity index (χ2n) is 18.6. The number of hydrogen-bond donors (Lipinski definition) is 3. The van der Waals surface area contributed by atoms with Gasteiger partial charge in [0.25, 0.3) is 0 Å². The molecule has 6 nitrogen and oxygen atoms in total. The number of unbranched alkanes of at least 4 members (excludes halogenated alkanes) is 35. The molecule has 6 heteroatoms. The molecule has 0 saturated carbocycles. The van der Waals surface area contributed by atoms with E-state index in [-0.39, 0.29) is 18.5 Å². The highest BCUT2D eigenvalue weighted by atomic mass is 16.5. The molecule has 0 saturated heterocycles. The maximum absolute atomic E-state index is 12.4. The maximum atomic E-state index is 12.4. The number of amides is 1. The van der Waals surface area contributed by atoms with Gasteiger partial charge in [-0.05, 0) is 44.9 Å². The van der Waals surface area contributed by atoms with E-state index in [0.29, 0.717) is 32.3 Å². The molecule has 0 aliphatic heterocycles. The zero-order valence-corrected chi connectivity index (χ0v) is 40.9. The highest BCUT2D eigenvalue weighted by molar-refractivity contribution is 5.76. The number of hydrogen-bond acceptors (Lipinski definition) is 5. The standard InChI is InChI=1S/C55H105NO5/c1-3-5-7-9-11-13-15-17-19-21-25-29-33-37-41-45-49-55(60)61-50-46-42-38-34-30-26-22-24-28-32-36-40-44-48-54(59)56-52(51-57)53(58)47-43-39-35-31-27-23-20-18-16-14-12-10-8-6-4-2/h24,28,36,40,52-53,57-58H,3-23,25-27,29-35,37-39,41-51H2,1-2H3,(H,56,59)/b28-24-,40-36-. The molecule has 1 amide bonds. The highest BCUT2D eigenvalue weighted by Crippen LogP contribution is 2.17. The van der Waals surface area contributed by atoms with Gasteiger partial charge in [0.05, 0.1) is 25.4 Å². The normalized spacial score (nSPS) is 12.8. The van der Waals surface area contributed by atoms with Crippen LogP contribution in [0.3, 0.4) is 0 Å². The Morgan fingerprint density at radius 1 is 0.459 bits per heavy atom. The van der Waals surface area contributed by atoms with E-state index in [1.54, 1.807) is 0 Å². The summed E-state index contributed by atoms with van der Waals surface area (Å²) in [5.41, 5.74) is 0. The van der Waals surface area contributed by atoms with Crippen LogP contribution >= 0.6 is 0 Å². The van der Waals surface area contributed by atoms with Crippen molar-refractivity contribution in [2.45, 2.75) is 302 Å². The Morgan fingerprint density at radius 2 is 0.836 bits per heavy atom. The molecule has 2 atom stereocenters. The summed E-state index contributed by atoms with van der Waals surface area (Å²) in [7, 11) is 0. The van der Waals surface area contributed by atoms with Crippen LogP contribution < -0.4 is 5.32 Å². The summed E-state index contributed by atoms with van der Waals surface area (Å²) in [6.45, 7) is 4.90. The molecule has 0 aromatic rings. The van der Waals surface area contributed by atoms with Crippen molar-refractivity contribution in [2.24, 2.45) is 0 Å². The Balaban J connectivity index is 3.52. The first-order chi connectivity index (χ1) is 30.0. The first-order valence-electron chi connectivity index (χ1n) is 27.1. The predicted octanol–water partition coefficient (Wildman–Crippen LogP) is 16.3. The van der Waals surface area contributed by atoms with E-state index in [9.17, 15) is 19.8 Å². The van der Waals surface area contributed by atoms with E-state index in [0.717, 1.165) is 51.4 Å². The highest BCUT2D eigenvalue weighted by Gasteiger charge is 2.19. The van der Waals surface area contributed by atoms with Crippen molar-refractivity contribution < 1.29 is 24.5 Å². The van der Waals surface area contributed by atoms with Gasteiger partial charge in [0, 0.05) is 12.8 Å². The Hall–Kier alpha value is -1.66. The minimum atomic E-state index is -0.698. The van der Waals surface area contributed by atoms with Crippen LogP contribution in [0, 0.1) is 0 Å². The molecule has 0 radical (unpaired) electrons. The van der Waals surface area contributed by atoms with Gasteiger partial charge < -0.3 is 20.3 Å². The van der Waals surface area contributed by atoms with Crippen LogP contribution in [0.5, 0.6) is 0 Å². The summed E-state index contributed by atoms with van der Waals surface area (Å²) in [6.07, 6.45) is 60.2. The number of rotatable bonds is 50. The number of aliphatic hydroxyl groups is 2. The van der Waals surface area contributed by atoms with Gasteiger partial charge in [-0.15, -0.1) is 0 Å². The van der Waals surface area contributed by atoms with Crippen molar-refractivity contribution in [2.75, 3.05) is 13.2 Å². The van der Waals surface area contributed by atoms with E-state index in [4.69, 9.17) is 4.74 Å². The summed E-state index contributed by atoms with van der Waals surface area (Å²) in [5, 5.41) is 23.2. The molecule has 0 aromatic heterocycles. The molecular formula is C55H105NO5. The molecule has 0 aliphatic carbocycles. The molecule has 0 bridgehead atoms. The summed E-state index contributed by atoms with van der Waals surface area (Å²) in [5.74, 6) is -0.128. The van der Waals surface area contributed by atoms with Crippen molar-refractivity contribution in [3.63, 3.8) is 0 Å². The summed E-state index contributed by atoms with van der Waals surface area (Å²) >= 11 is 0. The lowest BCUT2D eigenvalue weighted by Gasteiger charge is -2.22. The van der Waals surface area contributed by atoms with Gasteiger partial charge in [-0.2, -0.15) is 0 Å². The van der Waals surface area contributed by atoms with Gasteiger partial charge in [-0.1, -0.05) is 256 Å². The van der Waals surface area contributed by atoms with Crippen LogP contribution in [-0.2, 0) is 14.3 Å². The molecule has 0 heterocycles. The number of carbonyl (C=O) groups is 2. The topological polar surface area (TPSA) is 95.9 Å². The van der Waals surface area contributed by atoms with E-state index in [2.05, 4.69) is 37.4 Å². The lowest BCUT2D eigenvalue weighted by atomic mass is 10.0. The van der Waals surface area contributed by atoms with Crippen molar-refractivity contribution in [1.29, 1.82) is 0 Å². The second-order valence-corrected chi connectivity index (χ2v) is 18.6. The van der Waals surface area contributed by atoms with E-state index < -0.39 is 12.1 Å². The molecule has 0 aliphatic rings. The van der Waals surface area contributed by atoms with Crippen molar-refractivity contribution in [1.82, 2.24) is 5.32 Å². The van der Waals surface area contributed by atoms with Crippen molar-refractivity contribution in [3.8, 4) is 0 Å². The molecule has 0 fully saturated rings. The monoisotopic (exact) mass is 860 g/mol. The Bertz CT molecular complexity index is 951. The van der Waals surface area contributed by atoms with Gasteiger partial charge in [0.1, 0.15) is 0 Å². The smallest absolute Gasteiger partial charge is 0.305 e. The third-order valence-corrected chi connectivity index (χ3v) is 12.5. The number of esters is 1. The summed E-state index contributed by atoms with van der Waals surface area (Å²) < 4.78 is 5.46. The molecule has 0 rings (SSSR count). The second kappa shape index (κ2) is 51.0. The van der Waals surface area contributed by atoms with Crippen LogP contribution in [0.15, 0.2) is 24.3 Å². The number of aliphatic hydroxyl groups excluding tert-OH is 2. The lowest BCUT2D eigenvalue weighted by molar-refractivity contribution is -0.143. The van der Waals surface area contributed by atoms with Crippen LogP contribution in [0.4, 0.5) is 0 Å². The van der Waals surface area contributed by atoms with Gasteiger partial charge in [0.2, 0.25) is 5.91 Å². The average molecular weight is 860 g/mol. The number of allylic oxidation sites excluding steroid dienone is 4. The molecule has 61 heavy (non-hydrogen) atoms. The van der Waals surface area contributed by atoms with Crippen molar-refractivity contribution >= 4 is 11.9 Å².